The molecule has 0 radical (unpaired) electrons. The van der Waals surface area contributed by atoms with Crippen molar-refractivity contribution in [1.29, 1.82) is 0 Å². The van der Waals surface area contributed by atoms with Crippen LogP contribution in [0.4, 0.5) is 11.5 Å². The van der Waals surface area contributed by atoms with Gasteiger partial charge in [0.1, 0.15) is 5.82 Å². The number of pyridine rings is 1. The third-order valence-electron chi connectivity index (χ3n) is 2.15. The largest absolute Gasteiger partial charge is 0.399 e. The van der Waals surface area contributed by atoms with Crippen molar-refractivity contribution in [2.45, 2.75) is 0 Å². The summed E-state index contributed by atoms with van der Waals surface area (Å²) in [6.07, 6.45) is 1.46. The molecule has 6 heteroatoms. The smallest absolute Gasteiger partial charge is 0.256 e. The third-order valence-corrected chi connectivity index (χ3v) is 2.83. The van der Waals surface area contributed by atoms with Gasteiger partial charge in [-0.1, -0.05) is 27.5 Å². The molecule has 92 valence electrons. The number of halogens is 2. The molecule has 0 atom stereocenters. The number of nitrogens with zero attached hydrogens (tertiary/aromatic N) is 1. The molecule has 18 heavy (non-hydrogen) atoms. The molecule has 1 aromatic carbocycles. The highest BCUT2D eigenvalue weighted by Crippen LogP contribution is 2.18. The number of nitrogens with two attached hydrogens (primary N) is 1. The van der Waals surface area contributed by atoms with Crippen LogP contribution in [0.3, 0.4) is 0 Å². The number of benzene rings is 1. The van der Waals surface area contributed by atoms with E-state index in [0.717, 1.165) is 4.47 Å². The lowest BCUT2D eigenvalue weighted by molar-refractivity contribution is 0.102. The molecule has 0 aliphatic carbocycles. The lowest BCUT2D eigenvalue weighted by Gasteiger charge is -2.05. The molecule has 1 amide bonds. The SMILES string of the molecule is Nc1cc(Br)cc(C(=O)Nc2ccc(Cl)cn2)c1. The maximum Gasteiger partial charge on any atom is 0.256 e. The average molecular weight is 327 g/mol. The summed E-state index contributed by atoms with van der Waals surface area (Å²) >= 11 is 8.99. The summed E-state index contributed by atoms with van der Waals surface area (Å²) in [6.45, 7) is 0. The predicted molar refractivity (Wildman–Crippen MR) is 75.8 cm³/mol. The fraction of sp³-hybridized carbons (Fsp3) is 0. The summed E-state index contributed by atoms with van der Waals surface area (Å²) in [4.78, 5) is 15.9. The van der Waals surface area contributed by atoms with Crippen molar-refractivity contribution in [3.05, 3.63) is 51.6 Å². The first-order valence-corrected chi connectivity index (χ1v) is 6.20. The van der Waals surface area contributed by atoms with Gasteiger partial charge in [-0.15, -0.1) is 0 Å². The summed E-state index contributed by atoms with van der Waals surface area (Å²) in [5.41, 5.74) is 6.64. The lowest BCUT2D eigenvalue weighted by Crippen LogP contribution is -2.13. The molecule has 0 bridgehead atoms. The number of hydrogen-bond donors (Lipinski definition) is 2. The number of amides is 1. The van der Waals surface area contributed by atoms with Gasteiger partial charge in [-0.2, -0.15) is 0 Å². The summed E-state index contributed by atoms with van der Waals surface area (Å²) in [7, 11) is 0. The molecule has 4 nitrogen and oxygen atoms in total. The third kappa shape index (κ3) is 3.21. The van der Waals surface area contributed by atoms with E-state index in [9.17, 15) is 4.79 Å². The minimum atomic E-state index is -0.280. The maximum absolute atomic E-state index is 11.9. The minimum Gasteiger partial charge on any atom is -0.399 e. The van der Waals surface area contributed by atoms with Crippen molar-refractivity contribution >= 4 is 44.9 Å². The quantitative estimate of drug-likeness (QED) is 0.832. The van der Waals surface area contributed by atoms with Crippen LogP contribution < -0.4 is 11.1 Å². The van der Waals surface area contributed by atoms with Crippen molar-refractivity contribution in [2.75, 3.05) is 11.1 Å². The molecule has 3 N–H and O–H groups in total. The van der Waals surface area contributed by atoms with Crippen molar-refractivity contribution in [3.63, 3.8) is 0 Å². The first-order valence-electron chi connectivity index (χ1n) is 5.03. The Balaban J connectivity index is 2.19. The summed E-state index contributed by atoms with van der Waals surface area (Å²) in [5.74, 6) is 0.153. The molecule has 0 aliphatic rings. The molecule has 0 saturated carbocycles. The molecule has 0 aliphatic heterocycles. The van der Waals surface area contributed by atoms with Crippen LogP contribution in [-0.2, 0) is 0 Å². The topological polar surface area (TPSA) is 68.0 Å². The van der Waals surface area contributed by atoms with Crippen LogP contribution in [0.15, 0.2) is 41.0 Å². The fourth-order valence-electron chi connectivity index (χ4n) is 1.38. The maximum atomic E-state index is 11.9. The van der Waals surface area contributed by atoms with Crippen LogP contribution in [-0.4, -0.2) is 10.9 Å². The van der Waals surface area contributed by atoms with Crippen molar-refractivity contribution in [1.82, 2.24) is 4.98 Å². The Kier molecular flexibility index (Phi) is 3.84. The van der Waals surface area contributed by atoms with Gasteiger partial charge in [-0.05, 0) is 30.3 Å². The Morgan fingerprint density at radius 2 is 2.11 bits per heavy atom. The summed E-state index contributed by atoms with van der Waals surface area (Å²) in [6, 6.07) is 8.27. The predicted octanol–water partition coefficient (Wildman–Crippen LogP) is 3.33. The van der Waals surface area contributed by atoms with Gasteiger partial charge in [0.05, 0.1) is 5.02 Å². The van der Waals surface area contributed by atoms with Crippen LogP contribution in [0.1, 0.15) is 10.4 Å². The number of anilines is 2. The number of carbonyl (C=O) groups is 1. The number of hydrogen-bond acceptors (Lipinski definition) is 3. The molecule has 0 fully saturated rings. The zero-order valence-corrected chi connectivity index (χ0v) is 11.5. The molecule has 0 unspecified atom stereocenters. The monoisotopic (exact) mass is 325 g/mol. The number of rotatable bonds is 2. The van der Waals surface area contributed by atoms with Crippen molar-refractivity contribution in [3.8, 4) is 0 Å². The van der Waals surface area contributed by atoms with Gasteiger partial charge in [-0.25, -0.2) is 4.98 Å². The Labute approximate surface area is 117 Å². The van der Waals surface area contributed by atoms with Gasteiger partial charge in [0.2, 0.25) is 0 Å². The highest BCUT2D eigenvalue weighted by Gasteiger charge is 2.08. The minimum absolute atomic E-state index is 0.280. The second kappa shape index (κ2) is 5.37. The van der Waals surface area contributed by atoms with Crippen LogP contribution in [0.25, 0.3) is 0 Å². The Morgan fingerprint density at radius 1 is 1.33 bits per heavy atom. The van der Waals surface area contributed by atoms with E-state index in [-0.39, 0.29) is 5.91 Å². The molecule has 1 heterocycles. The average Bonchev–Trinajstić information content (AvgIpc) is 2.31. The Hall–Kier alpha value is -1.59. The first-order chi connectivity index (χ1) is 8.54. The summed E-state index contributed by atoms with van der Waals surface area (Å²) < 4.78 is 0.747. The van der Waals surface area contributed by atoms with Crippen LogP contribution >= 0.6 is 27.5 Å². The van der Waals surface area contributed by atoms with Crippen molar-refractivity contribution < 1.29 is 4.79 Å². The zero-order chi connectivity index (χ0) is 13.1. The zero-order valence-electron chi connectivity index (χ0n) is 9.15. The van der Waals surface area contributed by atoms with E-state index in [2.05, 4.69) is 26.2 Å². The second-order valence-electron chi connectivity index (χ2n) is 3.59. The molecule has 1 aromatic heterocycles. The molecular formula is C12H9BrClN3O. The fourth-order valence-corrected chi connectivity index (χ4v) is 2.00. The number of carbonyl (C=O) groups excluding carboxylic acids is 1. The standard InChI is InChI=1S/C12H9BrClN3O/c13-8-3-7(4-10(15)5-8)12(18)17-11-2-1-9(14)6-16-11/h1-6H,15H2,(H,16,17,18). The first kappa shape index (κ1) is 12.9. The number of nitrogens with one attached hydrogen (secondary N) is 1. The molecule has 2 rings (SSSR count). The second-order valence-corrected chi connectivity index (χ2v) is 4.94. The van der Waals surface area contributed by atoms with Crippen LogP contribution in [0.2, 0.25) is 5.02 Å². The van der Waals surface area contributed by atoms with Gasteiger partial charge >= 0.3 is 0 Å². The van der Waals surface area contributed by atoms with Crippen LogP contribution in [0, 0.1) is 0 Å². The van der Waals surface area contributed by atoms with E-state index in [1.165, 1.54) is 6.20 Å². The van der Waals surface area contributed by atoms with E-state index in [4.69, 9.17) is 17.3 Å². The van der Waals surface area contributed by atoms with Crippen LogP contribution in [0.5, 0.6) is 0 Å². The summed E-state index contributed by atoms with van der Waals surface area (Å²) in [5, 5.41) is 3.17. The van der Waals surface area contributed by atoms with E-state index in [1.54, 1.807) is 30.3 Å². The highest BCUT2D eigenvalue weighted by atomic mass is 79.9. The normalized spacial score (nSPS) is 10.1. The Morgan fingerprint density at radius 3 is 2.72 bits per heavy atom. The van der Waals surface area contributed by atoms with Crippen molar-refractivity contribution in [2.24, 2.45) is 0 Å². The van der Waals surface area contributed by atoms with Gasteiger partial charge in [0, 0.05) is 21.9 Å². The van der Waals surface area contributed by atoms with Gasteiger partial charge in [-0.3, -0.25) is 4.79 Å². The lowest BCUT2D eigenvalue weighted by atomic mass is 10.2. The van der Waals surface area contributed by atoms with E-state index < -0.39 is 0 Å². The molecule has 0 saturated heterocycles. The van der Waals surface area contributed by atoms with E-state index in [0.29, 0.717) is 22.1 Å². The number of nitrogen functional groups attached to an aromatic ring is 1. The molecule has 2 aromatic rings. The van der Waals surface area contributed by atoms with E-state index >= 15 is 0 Å². The molecular weight excluding hydrogens is 318 g/mol. The van der Waals surface area contributed by atoms with Gasteiger partial charge < -0.3 is 11.1 Å². The highest BCUT2D eigenvalue weighted by molar-refractivity contribution is 9.10. The van der Waals surface area contributed by atoms with Gasteiger partial charge in [0.25, 0.3) is 5.91 Å². The number of aromatic nitrogens is 1. The van der Waals surface area contributed by atoms with Gasteiger partial charge in [0.15, 0.2) is 0 Å². The molecule has 0 spiro atoms. The van der Waals surface area contributed by atoms with E-state index in [1.807, 2.05) is 0 Å². The Bertz CT molecular complexity index is 566.